The molecule has 1 aromatic heterocycles. The Morgan fingerprint density at radius 1 is 1.44 bits per heavy atom. The Balaban J connectivity index is 2.55. The van der Waals surface area contributed by atoms with E-state index >= 15 is 0 Å². The Labute approximate surface area is 158 Å². The number of aromatic nitrogens is 1. The topological polar surface area (TPSA) is 142 Å². The molecule has 0 bridgehead atoms. The van der Waals surface area contributed by atoms with E-state index in [9.17, 15) is 14.9 Å². The highest BCUT2D eigenvalue weighted by Gasteiger charge is 2.20. The summed E-state index contributed by atoms with van der Waals surface area (Å²) in [5, 5.41) is 31.9. The summed E-state index contributed by atoms with van der Waals surface area (Å²) < 4.78 is 4.98. The summed E-state index contributed by atoms with van der Waals surface area (Å²) in [7, 11) is 0. The molecule has 27 heavy (non-hydrogen) atoms. The maximum Gasteiger partial charge on any atom is 0.350 e. The SMILES string of the molecule is CCOC(=O)c1sc(-c2cc([N+](=O)[O-])ccc2NC=C(C#N)C#N)nc1C. The van der Waals surface area contributed by atoms with E-state index in [4.69, 9.17) is 15.3 Å². The molecular weight excluding hydrogens is 370 g/mol. The number of esters is 1. The number of nitrogens with one attached hydrogen (secondary N) is 1. The van der Waals surface area contributed by atoms with Crippen LogP contribution in [0.25, 0.3) is 10.6 Å². The molecule has 1 N–H and O–H groups in total. The van der Waals surface area contributed by atoms with Crippen molar-refractivity contribution in [3.63, 3.8) is 0 Å². The van der Waals surface area contributed by atoms with Crippen LogP contribution < -0.4 is 5.32 Å². The molecule has 0 amide bonds. The lowest BCUT2D eigenvalue weighted by molar-refractivity contribution is -0.384. The smallest absolute Gasteiger partial charge is 0.350 e. The van der Waals surface area contributed by atoms with Gasteiger partial charge in [0.25, 0.3) is 5.69 Å². The molecule has 0 aliphatic carbocycles. The van der Waals surface area contributed by atoms with Crippen LogP contribution in [-0.4, -0.2) is 22.5 Å². The van der Waals surface area contributed by atoms with Gasteiger partial charge in [0.05, 0.1) is 17.2 Å². The molecule has 10 heteroatoms. The molecule has 0 aliphatic heterocycles. The van der Waals surface area contributed by atoms with Crippen molar-refractivity contribution in [2.24, 2.45) is 0 Å². The minimum absolute atomic E-state index is 0.161. The minimum atomic E-state index is -0.550. The number of ether oxygens (including phenoxy) is 1. The average molecular weight is 383 g/mol. The van der Waals surface area contributed by atoms with E-state index in [2.05, 4.69) is 10.3 Å². The molecule has 1 heterocycles. The monoisotopic (exact) mass is 383 g/mol. The maximum atomic E-state index is 12.0. The Kier molecular flexibility index (Phi) is 6.20. The molecule has 136 valence electrons. The van der Waals surface area contributed by atoms with Crippen LogP contribution in [0.15, 0.2) is 30.0 Å². The molecule has 2 rings (SSSR count). The third kappa shape index (κ3) is 4.45. The quantitative estimate of drug-likeness (QED) is 0.345. The normalized spacial score (nSPS) is 9.63. The summed E-state index contributed by atoms with van der Waals surface area (Å²) in [4.78, 5) is 27.2. The lowest BCUT2D eigenvalue weighted by Gasteiger charge is -2.07. The molecule has 0 saturated heterocycles. The number of hydrogen-bond donors (Lipinski definition) is 1. The second-order valence-electron chi connectivity index (χ2n) is 5.07. The third-order valence-corrected chi connectivity index (χ3v) is 4.49. The number of thiazole rings is 1. The Morgan fingerprint density at radius 3 is 2.74 bits per heavy atom. The highest BCUT2D eigenvalue weighted by molar-refractivity contribution is 7.17. The van der Waals surface area contributed by atoms with Crippen LogP contribution in [0.3, 0.4) is 0 Å². The van der Waals surface area contributed by atoms with Gasteiger partial charge >= 0.3 is 5.97 Å². The second-order valence-corrected chi connectivity index (χ2v) is 6.07. The summed E-state index contributed by atoms with van der Waals surface area (Å²) >= 11 is 1.04. The van der Waals surface area contributed by atoms with Gasteiger partial charge in [-0.3, -0.25) is 10.1 Å². The van der Waals surface area contributed by atoms with Crippen molar-refractivity contribution >= 4 is 28.7 Å². The predicted molar refractivity (Wildman–Crippen MR) is 97.8 cm³/mol. The van der Waals surface area contributed by atoms with E-state index in [0.29, 0.717) is 26.8 Å². The average Bonchev–Trinajstić information content (AvgIpc) is 3.04. The van der Waals surface area contributed by atoms with Crippen molar-refractivity contribution < 1.29 is 14.5 Å². The van der Waals surface area contributed by atoms with E-state index in [-0.39, 0.29) is 17.9 Å². The molecular formula is C17H13N5O4S. The summed E-state index contributed by atoms with van der Waals surface area (Å²) in [6.45, 7) is 3.54. The molecule has 0 unspecified atom stereocenters. The first kappa shape index (κ1) is 19.6. The number of nitro benzene ring substituents is 1. The molecule has 1 aromatic carbocycles. The summed E-state index contributed by atoms with van der Waals surface area (Å²) in [5.41, 5.74) is 0.871. The number of aryl methyl sites for hydroxylation is 1. The highest BCUT2D eigenvalue weighted by Crippen LogP contribution is 2.36. The van der Waals surface area contributed by atoms with Gasteiger partial charge in [-0.15, -0.1) is 11.3 Å². The number of benzene rings is 1. The van der Waals surface area contributed by atoms with E-state index < -0.39 is 10.9 Å². The molecule has 0 fully saturated rings. The van der Waals surface area contributed by atoms with Crippen LogP contribution in [-0.2, 0) is 4.74 Å². The zero-order valence-electron chi connectivity index (χ0n) is 14.3. The fourth-order valence-corrected chi connectivity index (χ4v) is 3.08. The summed E-state index contributed by atoms with van der Waals surface area (Å²) in [6, 6.07) is 7.45. The number of nitriles is 2. The number of carbonyl (C=O) groups excluding carboxylic acids is 1. The minimum Gasteiger partial charge on any atom is -0.462 e. The number of allylic oxidation sites excluding steroid dienone is 1. The van der Waals surface area contributed by atoms with E-state index in [1.54, 1.807) is 26.0 Å². The lowest BCUT2D eigenvalue weighted by atomic mass is 10.1. The first-order chi connectivity index (χ1) is 12.9. The van der Waals surface area contributed by atoms with Gasteiger partial charge in [-0.05, 0) is 19.9 Å². The molecule has 0 spiro atoms. The van der Waals surface area contributed by atoms with E-state index in [1.165, 1.54) is 24.4 Å². The zero-order chi connectivity index (χ0) is 20.0. The number of rotatable bonds is 6. The van der Waals surface area contributed by atoms with Gasteiger partial charge in [0, 0.05) is 29.6 Å². The number of nitrogens with zero attached hydrogens (tertiary/aromatic N) is 4. The fraction of sp³-hybridized carbons (Fsp3) is 0.176. The number of nitro groups is 1. The molecule has 9 nitrogen and oxygen atoms in total. The summed E-state index contributed by atoms with van der Waals surface area (Å²) in [5.74, 6) is -0.519. The van der Waals surface area contributed by atoms with Crippen molar-refractivity contribution in [3.05, 3.63) is 50.7 Å². The van der Waals surface area contributed by atoms with Crippen molar-refractivity contribution in [2.75, 3.05) is 11.9 Å². The fourth-order valence-electron chi connectivity index (χ4n) is 2.09. The van der Waals surface area contributed by atoms with E-state index in [1.807, 2.05) is 0 Å². The van der Waals surface area contributed by atoms with Gasteiger partial charge in [-0.25, -0.2) is 9.78 Å². The molecule has 0 aliphatic rings. The molecule has 0 atom stereocenters. The molecule has 0 radical (unpaired) electrons. The van der Waals surface area contributed by atoms with Crippen LogP contribution >= 0.6 is 11.3 Å². The lowest BCUT2D eigenvalue weighted by Crippen LogP contribution is -2.03. The number of non-ortho nitro benzene ring substituents is 1. The molecule has 0 saturated carbocycles. The van der Waals surface area contributed by atoms with Gasteiger partial charge in [-0.1, -0.05) is 0 Å². The van der Waals surface area contributed by atoms with Gasteiger partial charge in [0.2, 0.25) is 0 Å². The zero-order valence-corrected chi connectivity index (χ0v) is 15.2. The Hall–Kier alpha value is -3.76. The standard InChI is InChI=1S/C17H13N5O4S/c1-3-26-17(23)15-10(2)21-16(27-15)13-6-12(22(24)25)4-5-14(13)20-9-11(7-18)8-19/h4-6,9,20H,3H2,1-2H3. The first-order valence-corrected chi connectivity index (χ1v) is 8.43. The third-order valence-electron chi connectivity index (χ3n) is 3.31. The van der Waals surface area contributed by atoms with Crippen LogP contribution in [0.2, 0.25) is 0 Å². The van der Waals surface area contributed by atoms with Gasteiger partial charge in [0.15, 0.2) is 0 Å². The van der Waals surface area contributed by atoms with Crippen molar-refractivity contribution in [1.82, 2.24) is 4.98 Å². The van der Waals surface area contributed by atoms with Crippen molar-refractivity contribution in [1.29, 1.82) is 10.5 Å². The number of hydrogen-bond acceptors (Lipinski definition) is 9. The van der Waals surface area contributed by atoms with Gasteiger partial charge in [0.1, 0.15) is 27.6 Å². The van der Waals surface area contributed by atoms with Crippen molar-refractivity contribution in [2.45, 2.75) is 13.8 Å². The molecule has 2 aromatic rings. The Bertz CT molecular complexity index is 997. The van der Waals surface area contributed by atoms with Crippen LogP contribution in [0.5, 0.6) is 0 Å². The van der Waals surface area contributed by atoms with Crippen molar-refractivity contribution in [3.8, 4) is 22.7 Å². The highest BCUT2D eigenvalue weighted by atomic mass is 32.1. The van der Waals surface area contributed by atoms with Crippen LogP contribution in [0.4, 0.5) is 11.4 Å². The summed E-state index contributed by atoms with van der Waals surface area (Å²) in [6.07, 6.45) is 1.19. The largest absolute Gasteiger partial charge is 0.462 e. The number of anilines is 1. The first-order valence-electron chi connectivity index (χ1n) is 7.61. The van der Waals surface area contributed by atoms with Gasteiger partial charge < -0.3 is 10.1 Å². The van der Waals surface area contributed by atoms with Crippen LogP contribution in [0.1, 0.15) is 22.3 Å². The van der Waals surface area contributed by atoms with E-state index in [0.717, 1.165) is 11.3 Å². The second kappa shape index (κ2) is 8.56. The number of carbonyl (C=O) groups is 1. The predicted octanol–water partition coefficient (Wildman–Crippen LogP) is 3.55. The Morgan fingerprint density at radius 2 is 2.15 bits per heavy atom. The van der Waals surface area contributed by atoms with Gasteiger partial charge in [-0.2, -0.15) is 10.5 Å². The van der Waals surface area contributed by atoms with Crippen LogP contribution in [0, 0.1) is 39.7 Å². The maximum absolute atomic E-state index is 12.0.